The molecule has 0 bridgehead atoms. The van der Waals surface area contributed by atoms with Crippen LogP contribution in [-0.4, -0.2) is 29.5 Å². The fourth-order valence-corrected chi connectivity index (χ4v) is 4.05. The Balaban J connectivity index is 1.98. The van der Waals surface area contributed by atoms with Crippen molar-refractivity contribution in [3.8, 4) is 0 Å². The summed E-state index contributed by atoms with van der Waals surface area (Å²) in [6.45, 7) is 0. The minimum absolute atomic E-state index is 0.0632. The molecular formula is C12H9N3O4S2. The number of aromatic nitrogens is 2. The smallest absolute Gasteiger partial charge is 0.345 e. The van der Waals surface area contributed by atoms with E-state index in [9.17, 15) is 13.2 Å². The molecular weight excluding hydrogens is 314 g/mol. The van der Waals surface area contributed by atoms with Crippen LogP contribution in [0.4, 0.5) is 5.00 Å². The van der Waals surface area contributed by atoms with E-state index in [1.165, 1.54) is 18.3 Å². The van der Waals surface area contributed by atoms with Gasteiger partial charge in [-0.25, -0.2) is 18.2 Å². The predicted molar refractivity (Wildman–Crippen MR) is 78.2 cm³/mol. The molecule has 0 atom stereocenters. The zero-order valence-electron chi connectivity index (χ0n) is 10.4. The minimum Gasteiger partial charge on any atom is -0.477 e. The van der Waals surface area contributed by atoms with Gasteiger partial charge in [-0.3, -0.25) is 4.72 Å². The maximum Gasteiger partial charge on any atom is 0.345 e. The number of thiophene rings is 1. The van der Waals surface area contributed by atoms with Crippen molar-refractivity contribution in [3.63, 3.8) is 0 Å². The minimum atomic E-state index is -3.81. The van der Waals surface area contributed by atoms with Gasteiger partial charge in [-0.1, -0.05) is 0 Å². The monoisotopic (exact) mass is 323 g/mol. The number of anilines is 1. The van der Waals surface area contributed by atoms with Gasteiger partial charge >= 0.3 is 5.97 Å². The first-order valence-corrected chi connectivity index (χ1v) is 8.05. The van der Waals surface area contributed by atoms with E-state index in [0.717, 1.165) is 11.3 Å². The molecule has 3 aromatic heterocycles. The third kappa shape index (κ3) is 2.48. The number of nitrogens with one attached hydrogen (secondary N) is 2. The lowest BCUT2D eigenvalue weighted by molar-refractivity contribution is 0.0702. The lowest BCUT2D eigenvalue weighted by atomic mass is 10.3. The second-order valence-electron chi connectivity index (χ2n) is 4.13. The number of aromatic amines is 1. The zero-order chi connectivity index (χ0) is 15.0. The lowest BCUT2D eigenvalue weighted by Gasteiger charge is -2.04. The molecule has 3 aromatic rings. The van der Waals surface area contributed by atoms with Crippen molar-refractivity contribution in [2.45, 2.75) is 4.90 Å². The number of aromatic carboxylic acids is 1. The van der Waals surface area contributed by atoms with Crippen LogP contribution in [-0.2, 0) is 10.0 Å². The molecule has 0 aliphatic heterocycles. The number of sulfonamides is 1. The Labute approximate surface area is 123 Å². The van der Waals surface area contributed by atoms with Gasteiger partial charge in [-0.05, 0) is 24.3 Å². The van der Waals surface area contributed by atoms with E-state index < -0.39 is 16.0 Å². The highest BCUT2D eigenvalue weighted by molar-refractivity contribution is 7.93. The molecule has 0 amide bonds. The Kier molecular flexibility index (Phi) is 3.15. The Morgan fingerprint density at radius 1 is 1.33 bits per heavy atom. The molecule has 3 N–H and O–H groups in total. The fourth-order valence-electron chi connectivity index (χ4n) is 1.85. The fraction of sp³-hybridized carbons (Fsp3) is 0. The molecule has 21 heavy (non-hydrogen) atoms. The average Bonchev–Trinajstić information content (AvgIpc) is 3.04. The van der Waals surface area contributed by atoms with Gasteiger partial charge in [0.25, 0.3) is 10.0 Å². The van der Waals surface area contributed by atoms with Crippen LogP contribution in [0.2, 0.25) is 0 Å². The maximum atomic E-state index is 12.4. The van der Waals surface area contributed by atoms with E-state index in [-0.39, 0.29) is 14.8 Å². The van der Waals surface area contributed by atoms with Crippen molar-refractivity contribution in [2.24, 2.45) is 0 Å². The molecule has 0 unspecified atom stereocenters. The van der Waals surface area contributed by atoms with Crippen LogP contribution in [0.25, 0.3) is 11.0 Å². The van der Waals surface area contributed by atoms with Gasteiger partial charge in [0.15, 0.2) is 0 Å². The highest BCUT2D eigenvalue weighted by Gasteiger charge is 2.20. The summed E-state index contributed by atoms with van der Waals surface area (Å²) in [6, 6.07) is 6.05. The summed E-state index contributed by atoms with van der Waals surface area (Å²) in [5, 5.41) is 9.56. The van der Waals surface area contributed by atoms with Crippen molar-refractivity contribution >= 4 is 43.4 Å². The maximum absolute atomic E-state index is 12.4. The molecule has 108 valence electrons. The van der Waals surface area contributed by atoms with E-state index in [0.29, 0.717) is 11.0 Å². The topological polar surface area (TPSA) is 112 Å². The molecule has 3 heterocycles. The molecule has 0 saturated heterocycles. The zero-order valence-corrected chi connectivity index (χ0v) is 12.0. The number of hydrogen-bond donors (Lipinski definition) is 3. The van der Waals surface area contributed by atoms with Crippen molar-refractivity contribution in [1.82, 2.24) is 9.97 Å². The standard InChI is InChI=1S/C12H9N3O4S2/c16-12(17)8-3-4-10(20-8)15-21(18,19)9-6-14-11-7(9)2-1-5-13-11/h1-6,15H,(H,13,14)(H,16,17). The number of fused-ring (bicyclic) bond motifs is 1. The van der Waals surface area contributed by atoms with Crippen molar-refractivity contribution in [1.29, 1.82) is 0 Å². The second kappa shape index (κ2) is 4.86. The molecule has 0 aliphatic carbocycles. The first-order chi connectivity index (χ1) is 9.97. The molecule has 0 aliphatic rings. The Bertz CT molecular complexity index is 927. The molecule has 0 radical (unpaired) electrons. The van der Waals surface area contributed by atoms with Crippen LogP contribution in [0.1, 0.15) is 9.67 Å². The van der Waals surface area contributed by atoms with E-state index in [2.05, 4.69) is 14.7 Å². The first-order valence-electron chi connectivity index (χ1n) is 5.75. The lowest BCUT2D eigenvalue weighted by Crippen LogP contribution is -2.11. The summed E-state index contributed by atoms with van der Waals surface area (Å²) < 4.78 is 27.1. The van der Waals surface area contributed by atoms with Gasteiger partial charge < -0.3 is 10.1 Å². The van der Waals surface area contributed by atoms with Gasteiger partial charge in [0, 0.05) is 17.8 Å². The molecule has 0 fully saturated rings. The number of carbonyl (C=O) groups is 1. The van der Waals surface area contributed by atoms with Crippen LogP contribution in [0, 0.1) is 0 Å². The molecule has 9 heteroatoms. The largest absolute Gasteiger partial charge is 0.477 e. The number of carboxylic acid groups (broad SMARTS) is 1. The van der Waals surface area contributed by atoms with Crippen molar-refractivity contribution in [3.05, 3.63) is 41.5 Å². The van der Waals surface area contributed by atoms with Crippen LogP contribution in [0.15, 0.2) is 41.6 Å². The van der Waals surface area contributed by atoms with Crippen molar-refractivity contribution in [2.75, 3.05) is 4.72 Å². The van der Waals surface area contributed by atoms with Crippen LogP contribution in [0.3, 0.4) is 0 Å². The molecule has 0 aromatic carbocycles. The highest BCUT2D eigenvalue weighted by Crippen LogP contribution is 2.27. The summed E-state index contributed by atoms with van der Waals surface area (Å²) in [4.78, 5) is 17.7. The Morgan fingerprint density at radius 2 is 2.14 bits per heavy atom. The Morgan fingerprint density at radius 3 is 2.86 bits per heavy atom. The molecule has 7 nitrogen and oxygen atoms in total. The molecule has 0 spiro atoms. The normalized spacial score (nSPS) is 11.6. The van der Waals surface area contributed by atoms with Gasteiger partial charge in [-0.15, -0.1) is 11.3 Å². The summed E-state index contributed by atoms with van der Waals surface area (Å²) in [5.74, 6) is -1.10. The van der Waals surface area contributed by atoms with E-state index in [4.69, 9.17) is 5.11 Å². The number of rotatable bonds is 4. The first kappa shape index (κ1) is 13.6. The van der Waals surface area contributed by atoms with Gasteiger partial charge in [0.05, 0.1) is 0 Å². The second-order valence-corrected chi connectivity index (χ2v) is 6.86. The van der Waals surface area contributed by atoms with Crippen molar-refractivity contribution < 1.29 is 18.3 Å². The number of pyridine rings is 1. The van der Waals surface area contributed by atoms with Gasteiger partial charge in [0.1, 0.15) is 20.4 Å². The van der Waals surface area contributed by atoms with Crippen LogP contribution < -0.4 is 4.72 Å². The summed E-state index contributed by atoms with van der Waals surface area (Å²) in [5.41, 5.74) is 0.468. The Hall–Kier alpha value is -2.39. The number of nitrogens with zero attached hydrogens (tertiary/aromatic N) is 1. The van der Waals surface area contributed by atoms with Crippen LogP contribution >= 0.6 is 11.3 Å². The summed E-state index contributed by atoms with van der Waals surface area (Å²) in [6.07, 6.45) is 2.91. The van der Waals surface area contributed by atoms with Crippen LogP contribution in [0.5, 0.6) is 0 Å². The molecule has 0 saturated carbocycles. The van der Waals surface area contributed by atoms with E-state index in [1.54, 1.807) is 18.3 Å². The highest BCUT2D eigenvalue weighted by atomic mass is 32.2. The quantitative estimate of drug-likeness (QED) is 0.681. The van der Waals surface area contributed by atoms with Gasteiger partial charge in [-0.2, -0.15) is 0 Å². The van der Waals surface area contributed by atoms with E-state index >= 15 is 0 Å². The number of hydrogen-bond acceptors (Lipinski definition) is 5. The summed E-state index contributed by atoms with van der Waals surface area (Å²) in [7, 11) is -3.81. The number of carboxylic acids is 1. The third-order valence-electron chi connectivity index (χ3n) is 2.75. The summed E-state index contributed by atoms with van der Waals surface area (Å²) >= 11 is 0.855. The van der Waals surface area contributed by atoms with Gasteiger partial charge in [0.2, 0.25) is 0 Å². The third-order valence-corrected chi connectivity index (χ3v) is 5.28. The van der Waals surface area contributed by atoms with E-state index in [1.807, 2.05) is 0 Å². The predicted octanol–water partition coefficient (Wildman–Crippen LogP) is 2.12. The molecule has 3 rings (SSSR count). The number of H-pyrrole nitrogens is 1. The SMILES string of the molecule is O=C(O)c1ccc(NS(=O)(=O)c2c[nH]c3ncccc23)s1. The average molecular weight is 323 g/mol.